The molecule has 2 aromatic rings. The molecule has 1 aromatic carbocycles. The average Bonchev–Trinajstić information content (AvgIpc) is 2.79. The average molecular weight is 296 g/mol. The Morgan fingerprint density at radius 1 is 1.20 bits per heavy atom. The van der Waals surface area contributed by atoms with Gasteiger partial charge in [-0.05, 0) is 50.0 Å². The summed E-state index contributed by atoms with van der Waals surface area (Å²) in [6.07, 6.45) is 5.07. The normalized spacial score (nSPS) is 11.2. The number of hydrogen-bond acceptors (Lipinski definition) is 3. The van der Waals surface area contributed by atoms with E-state index in [9.17, 15) is 0 Å². The van der Waals surface area contributed by atoms with Crippen molar-refractivity contribution in [3.8, 4) is 5.75 Å². The van der Waals surface area contributed by atoms with Gasteiger partial charge >= 0.3 is 0 Å². The fourth-order valence-electron chi connectivity index (χ4n) is 2.46. The Bertz CT molecular complexity index is 580. The highest BCUT2D eigenvalue weighted by Gasteiger charge is 2.12. The van der Waals surface area contributed by atoms with Crippen LogP contribution in [0.2, 0.25) is 5.02 Å². The van der Waals surface area contributed by atoms with Crippen molar-refractivity contribution in [2.45, 2.75) is 25.8 Å². The summed E-state index contributed by atoms with van der Waals surface area (Å²) in [5, 5.41) is 1.83. The van der Waals surface area contributed by atoms with Crippen LogP contribution in [-0.2, 0) is 13.0 Å². The number of hydrogen-bond donors (Lipinski definition) is 2. The number of rotatable bonds is 7. The summed E-state index contributed by atoms with van der Waals surface area (Å²) in [6.45, 7) is 2.28. The third-order valence-corrected chi connectivity index (χ3v) is 3.79. The van der Waals surface area contributed by atoms with Gasteiger partial charge in [0, 0.05) is 18.1 Å². The van der Waals surface area contributed by atoms with Crippen molar-refractivity contribution in [2.75, 3.05) is 20.2 Å². The van der Waals surface area contributed by atoms with Crippen LogP contribution in [0.25, 0.3) is 10.9 Å². The van der Waals surface area contributed by atoms with Crippen LogP contribution in [0.4, 0.5) is 0 Å². The first-order chi connectivity index (χ1) is 9.71. The summed E-state index contributed by atoms with van der Waals surface area (Å²) in [4.78, 5) is 0. The number of aromatic nitrogens is 1. The second kappa shape index (κ2) is 6.97. The highest BCUT2D eigenvalue weighted by atomic mass is 35.5. The third kappa shape index (κ3) is 3.08. The quantitative estimate of drug-likeness (QED) is 0.825. The maximum absolute atomic E-state index is 6.24. The largest absolute Gasteiger partial charge is 0.495 e. The zero-order valence-corrected chi connectivity index (χ0v) is 12.6. The molecule has 4 nitrogen and oxygen atoms in total. The highest BCUT2D eigenvalue weighted by Crippen LogP contribution is 2.33. The number of methoxy groups -OCH3 is 1. The SMILES string of the molecule is COc1cc2c(CCCN)cn(CCCN)c2cc1Cl. The van der Waals surface area contributed by atoms with Crippen molar-refractivity contribution >= 4 is 22.5 Å². The molecule has 0 aliphatic carbocycles. The maximum Gasteiger partial charge on any atom is 0.138 e. The van der Waals surface area contributed by atoms with Crippen LogP contribution in [0.1, 0.15) is 18.4 Å². The molecular weight excluding hydrogens is 274 g/mol. The zero-order chi connectivity index (χ0) is 14.5. The van der Waals surface area contributed by atoms with Crippen molar-refractivity contribution in [3.05, 3.63) is 28.9 Å². The van der Waals surface area contributed by atoms with Crippen molar-refractivity contribution in [1.82, 2.24) is 4.57 Å². The number of benzene rings is 1. The van der Waals surface area contributed by atoms with Crippen molar-refractivity contribution in [2.24, 2.45) is 11.5 Å². The minimum atomic E-state index is 0.637. The van der Waals surface area contributed by atoms with Crippen molar-refractivity contribution in [1.29, 1.82) is 0 Å². The summed E-state index contributed by atoms with van der Waals surface area (Å²) in [5.74, 6) is 0.713. The molecular formula is C15H22ClN3O. The Morgan fingerprint density at radius 3 is 2.60 bits per heavy atom. The van der Waals surface area contributed by atoms with Gasteiger partial charge in [0.1, 0.15) is 5.75 Å². The minimum absolute atomic E-state index is 0.637. The van der Waals surface area contributed by atoms with E-state index in [1.807, 2.05) is 12.1 Å². The summed E-state index contributed by atoms with van der Waals surface area (Å²) < 4.78 is 7.54. The van der Waals surface area contributed by atoms with Crippen molar-refractivity contribution in [3.63, 3.8) is 0 Å². The van der Waals surface area contributed by atoms with Crippen LogP contribution >= 0.6 is 11.6 Å². The molecule has 0 saturated carbocycles. The van der Waals surface area contributed by atoms with Crippen LogP contribution < -0.4 is 16.2 Å². The molecule has 110 valence electrons. The fourth-order valence-corrected chi connectivity index (χ4v) is 2.69. The topological polar surface area (TPSA) is 66.2 Å². The first kappa shape index (κ1) is 15.2. The number of halogens is 1. The lowest BCUT2D eigenvalue weighted by molar-refractivity contribution is 0.415. The molecule has 0 radical (unpaired) electrons. The number of fused-ring (bicyclic) bond motifs is 1. The van der Waals surface area contributed by atoms with Crippen molar-refractivity contribution < 1.29 is 4.74 Å². The summed E-state index contributed by atoms with van der Waals surface area (Å²) in [5.41, 5.74) is 13.7. The number of aryl methyl sites for hydroxylation is 2. The molecule has 0 bridgehead atoms. The number of nitrogens with two attached hydrogens (primary N) is 2. The fraction of sp³-hybridized carbons (Fsp3) is 0.467. The van der Waals surface area contributed by atoms with Gasteiger partial charge in [-0.1, -0.05) is 11.6 Å². The molecule has 0 atom stereocenters. The van der Waals surface area contributed by atoms with Crippen LogP contribution in [0.15, 0.2) is 18.3 Å². The van der Waals surface area contributed by atoms with Gasteiger partial charge < -0.3 is 20.8 Å². The lowest BCUT2D eigenvalue weighted by Gasteiger charge is -2.07. The number of ether oxygens (including phenoxy) is 1. The third-order valence-electron chi connectivity index (χ3n) is 3.49. The zero-order valence-electron chi connectivity index (χ0n) is 11.9. The van der Waals surface area contributed by atoms with Gasteiger partial charge in [0.2, 0.25) is 0 Å². The molecule has 0 spiro atoms. The molecule has 0 aliphatic rings. The van der Waals surface area contributed by atoms with E-state index in [-0.39, 0.29) is 0 Å². The maximum atomic E-state index is 6.24. The molecule has 0 unspecified atom stereocenters. The second-order valence-corrected chi connectivity index (χ2v) is 5.29. The molecule has 0 saturated heterocycles. The van der Waals surface area contributed by atoms with Crippen LogP contribution in [0, 0.1) is 0 Å². The van der Waals surface area contributed by atoms with E-state index in [0.29, 0.717) is 23.9 Å². The Labute approximate surface area is 124 Å². The lowest BCUT2D eigenvalue weighted by atomic mass is 10.1. The molecule has 4 N–H and O–H groups in total. The number of nitrogens with zero attached hydrogens (tertiary/aromatic N) is 1. The van der Waals surface area contributed by atoms with Gasteiger partial charge in [0.15, 0.2) is 0 Å². The highest BCUT2D eigenvalue weighted by molar-refractivity contribution is 6.32. The predicted molar refractivity (Wildman–Crippen MR) is 84.5 cm³/mol. The molecule has 1 aromatic heterocycles. The van der Waals surface area contributed by atoms with Gasteiger partial charge in [-0.15, -0.1) is 0 Å². The summed E-state index contributed by atoms with van der Waals surface area (Å²) in [6, 6.07) is 3.99. The van der Waals surface area contributed by atoms with E-state index in [0.717, 1.165) is 31.3 Å². The van der Waals surface area contributed by atoms with Crippen LogP contribution in [0.3, 0.4) is 0 Å². The summed E-state index contributed by atoms with van der Waals surface area (Å²) in [7, 11) is 1.64. The van der Waals surface area contributed by atoms with E-state index < -0.39 is 0 Å². The van der Waals surface area contributed by atoms with Crippen LogP contribution in [-0.4, -0.2) is 24.8 Å². The Morgan fingerprint density at radius 2 is 1.95 bits per heavy atom. The van der Waals surface area contributed by atoms with E-state index in [1.54, 1.807) is 7.11 Å². The van der Waals surface area contributed by atoms with E-state index in [2.05, 4.69) is 10.8 Å². The molecule has 0 aliphatic heterocycles. The van der Waals surface area contributed by atoms with Gasteiger partial charge in [-0.25, -0.2) is 0 Å². The molecule has 5 heteroatoms. The standard InChI is InChI=1S/C15H22ClN3O/c1-20-15-8-12-11(4-2-5-17)10-19(7-3-6-18)14(12)9-13(15)16/h8-10H,2-7,17-18H2,1H3. The Hall–Kier alpha value is -1.23. The Balaban J connectivity index is 2.48. The molecule has 0 fully saturated rings. The van der Waals surface area contributed by atoms with Gasteiger partial charge in [0.25, 0.3) is 0 Å². The monoisotopic (exact) mass is 295 g/mol. The molecule has 2 rings (SSSR count). The predicted octanol–water partition coefficient (Wildman–Crippen LogP) is 2.54. The Kier molecular flexibility index (Phi) is 5.29. The minimum Gasteiger partial charge on any atom is -0.495 e. The first-order valence-corrected chi connectivity index (χ1v) is 7.34. The van der Waals surface area contributed by atoms with E-state index in [1.165, 1.54) is 10.9 Å². The molecule has 1 heterocycles. The smallest absolute Gasteiger partial charge is 0.138 e. The van der Waals surface area contributed by atoms with Gasteiger partial charge in [-0.3, -0.25) is 0 Å². The van der Waals surface area contributed by atoms with E-state index in [4.69, 9.17) is 27.8 Å². The van der Waals surface area contributed by atoms with E-state index >= 15 is 0 Å². The first-order valence-electron chi connectivity index (χ1n) is 6.96. The molecule has 20 heavy (non-hydrogen) atoms. The lowest BCUT2D eigenvalue weighted by Crippen LogP contribution is -2.05. The second-order valence-electron chi connectivity index (χ2n) is 4.89. The molecule has 0 amide bonds. The van der Waals surface area contributed by atoms with Gasteiger partial charge in [0.05, 0.1) is 17.6 Å². The van der Waals surface area contributed by atoms with Gasteiger partial charge in [-0.2, -0.15) is 0 Å². The summed E-state index contributed by atoms with van der Waals surface area (Å²) >= 11 is 6.24. The van der Waals surface area contributed by atoms with Crippen LogP contribution in [0.5, 0.6) is 5.75 Å².